The predicted molar refractivity (Wildman–Crippen MR) is 200 cm³/mol. The molecule has 0 saturated heterocycles. The number of rotatable bonds is 4. The highest BCUT2D eigenvalue weighted by Crippen LogP contribution is 2.50. The van der Waals surface area contributed by atoms with Crippen LogP contribution in [0.15, 0.2) is 158 Å². The van der Waals surface area contributed by atoms with Crippen LogP contribution in [0.25, 0.3) is 76.1 Å². The normalized spacial score (nSPS) is 12.1. The first-order valence-electron chi connectivity index (χ1n) is 16.0. The van der Waals surface area contributed by atoms with Crippen molar-refractivity contribution >= 4 is 59.5 Å². The molecule has 0 amide bonds. The van der Waals surface area contributed by atoms with Crippen LogP contribution < -0.4 is 4.90 Å². The third kappa shape index (κ3) is 4.18. The Kier molecular flexibility index (Phi) is 6.01. The summed E-state index contributed by atoms with van der Waals surface area (Å²) in [5.74, 6) is 0.716. The van der Waals surface area contributed by atoms with E-state index in [0.717, 1.165) is 49.4 Å². The molecule has 48 heavy (non-hydrogen) atoms. The third-order valence-corrected chi connectivity index (χ3v) is 10.4. The summed E-state index contributed by atoms with van der Waals surface area (Å²) in [5.41, 5.74) is 12.0. The fourth-order valence-corrected chi connectivity index (χ4v) is 8.20. The second-order valence-electron chi connectivity index (χ2n) is 12.0. The summed E-state index contributed by atoms with van der Waals surface area (Å²) < 4.78 is 2.30. The van der Waals surface area contributed by atoms with Crippen LogP contribution in [0.5, 0.6) is 0 Å². The number of anilines is 3. The van der Waals surface area contributed by atoms with Crippen molar-refractivity contribution in [3.8, 4) is 45.0 Å². The van der Waals surface area contributed by atoms with E-state index in [-0.39, 0.29) is 0 Å². The van der Waals surface area contributed by atoms with Gasteiger partial charge in [-0.1, -0.05) is 97.1 Å². The van der Waals surface area contributed by atoms with Crippen molar-refractivity contribution in [1.29, 1.82) is 0 Å². The number of hydrogen-bond donors (Lipinski definition) is 0. The summed E-state index contributed by atoms with van der Waals surface area (Å²) >= 11 is 1.75. The summed E-state index contributed by atoms with van der Waals surface area (Å²) in [6.07, 6.45) is 1.83. The fourth-order valence-electron chi connectivity index (χ4n) is 7.04. The molecule has 3 aromatic heterocycles. The lowest BCUT2D eigenvalue weighted by atomic mass is 9.91. The molecule has 0 bridgehead atoms. The Morgan fingerprint density at radius 3 is 2.08 bits per heavy atom. The van der Waals surface area contributed by atoms with Crippen molar-refractivity contribution in [2.45, 2.75) is 0 Å². The molecule has 1 aliphatic heterocycles. The number of benzene rings is 6. The van der Waals surface area contributed by atoms with Crippen molar-refractivity contribution in [3.63, 3.8) is 0 Å². The molecule has 0 atom stereocenters. The summed E-state index contributed by atoms with van der Waals surface area (Å²) in [6, 6.07) is 53.6. The number of nitrogens with zero attached hydrogens (tertiary/aromatic N) is 4. The highest BCUT2D eigenvalue weighted by Gasteiger charge is 2.25. The average molecular weight is 631 g/mol. The number of fused-ring (bicyclic) bond motifs is 5. The lowest BCUT2D eigenvalue weighted by molar-refractivity contribution is 1.23. The smallest absolute Gasteiger partial charge is 0.160 e. The molecule has 6 aromatic carbocycles. The van der Waals surface area contributed by atoms with Crippen LogP contribution in [0.2, 0.25) is 0 Å². The van der Waals surface area contributed by atoms with Gasteiger partial charge in [0.25, 0.3) is 0 Å². The molecular weight excluding hydrogens is 605 g/mol. The summed E-state index contributed by atoms with van der Waals surface area (Å²) in [5, 5.41) is 3.67. The molecule has 4 nitrogen and oxygen atoms in total. The van der Waals surface area contributed by atoms with Crippen LogP contribution in [0.4, 0.5) is 17.1 Å². The van der Waals surface area contributed by atoms with E-state index in [1.54, 1.807) is 11.3 Å². The second kappa shape index (κ2) is 10.7. The van der Waals surface area contributed by atoms with Gasteiger partial charge in [0.1, 0.15) is 0 Å². The summed E-state index contributed by atoms with van der Waals surface area (Å²) in [7, 11) is 0. The van der Waals surface area contributed by atoms with E-state index in [4.69, 9.17) is 9.97 Å². The van der Waals surface area contributed by atoms with Gasteiger partial charge in [-0.3, -0.25) is 4.98 Å². The Balaban J connectivity index is 1.11. The molecule has 0 fully saturated rings. The van der Waals surface area contributed by atoms with E-state index in [2.05, 4.69) is 143 Å². The highest BCUT2D eigenvalue weighted by atomic mass is 32.1. The SMILES string of the molecule is c1ccc(-c2ccc(-c3nc(-c4ccc(N5c6ccccc6-c6cccc7cccc5c67)cc4)nc4c3sc3ccccc34)cc2)nc1. The molecule has 0 saturated carbocycles. The Labute approximate surface area is 281 Å². The Bertz CT molecular complexity index is 2660. The van der Waals surface area contributed by atoms with E-state index in [9.17, 15) is 0 Å². The lowest BCUT2D eigenvalue weighted by Gasteiger charge is -2.33. The molecule has 0 N–H and O–H groups in total. The van der Waals surface area contributed by atoms with Crippen molar-refractivity contribution in [1.82, 2.24) is 15.0 Å². The average Bonchev–Trinajstić information content (AvgIpc) is 3.54. The minimum absolute atomic E-state index is 0.716. The third-order valence-electron chi connectivity index (χ3n) is 9.28. The minimum Gasteiger partial charge on any atom is -0.309 e. The minimum atomic E-state index is 0.716. The summed E-state index contributed by atoms with van der Waals surface area (Å²) in [4.78, 5) is 17.4. The van der Waals surface area contributed by atoms with Crippen molar-refractivity contribution in [3.05, 3.63) is 158 Å². The van der Waals surface area contributed by atoms with E-state index in [0.29, 0.717) is 5.82 Å². The van der Waals surface area contributed by atoms with E-state index in [1.165, 1.54) is 38.0 Å². The van der Waals surface area contributed by atoms with Crippen LogP contribution in [-0.2, 0) is 0 Å². The van der Waals surface area contributed by atoms with Crippen molar-refractivity contribution < 1.29 is 0 Å². The molecule has 1 aliphatic rings. The lowest BCUT2D eigenvalue weighted by Crippen LogP contribution is -2.14. The summed E-state index contributed by atoms with van der Waals surface area (Å²) in [6.45, 7) is 0. The van der Waals surface area contributed by atoms with E-state index < -0.39 is 0 Å². The zero-order valence-electron chi connectivity index (χ0n) is 25.7. The molecule has 224 valence electrons. The van der Waals surface area contributed by atoms with Gasteiger partial charge in [-0.25, -0.2) is 9.97 Å². The number of thiophene rings is 1. The van der Waals surface area contributed by atoms with Crippen LogP contribution in [0, 0.1) is 0 Å². The quantitative estimate of drug-likeness (QED) is 0.194. The molecule has 5 heteroatoms. The van der Waals surface area contributed by atoms with Gasteiger partial charge in [-0.15, -0.1) is 11.3 Å². The largest absolute Gasteiger partial charge is 0.309 e. The van der Waals surface area contributed by atoms with Gasteiger partial charge in [0.2, 0.25) is 0 Å². The molecule has 0 spiro atoms. The van der Waals surface area contributed by atoms with E-state index >= 15 is 0 Å². The maximum atomic E-state index is 5.25. The standard InChI is InChI=1S/C43H26N4S/c1-3-15-36-32(11-1)33-13-7-9-28-10-8-16-37(39(28)33)47(36)31-24-22-30(23-25-31)43-45-40(42-41(46-43)34-12-2-4-17-38(34)48-42)29-20-18-27(19-21-29)35-14-5-6-26-44-35/h1-26H. The monoisotopic (exact) mass is 630 g/mol. The van der Waals surface area contributed by atoms with Gasteiger partial charge in [0.05, 0.1) is 33.0 Å². The highest BCUT2D eigenvalue weighted by molar-refractivity contribution is 7.26. The molecule has 0 aliphatic carbocycles. The van der Waals surface area contributed by atoms with Gasteiger partial charge in [0, 0.05) is 49.6 Å². The number of pyridine rings is 1. The zero-order valence-corrected chi connectivity index (χ0v) is 26.5. The van der Waals surface area contributed by atoms with Crippen molar-refractivity contribution in [2.75, 3.05) is 4.90 Å². The number of hydrogen-bond acceptors (Lipinski definition) is 5. The maximum Gasteiger partial charge on any atom is 0.160 e. The second-order valence-corrected chi connectivity index (χ2v) is 13.1. The zero-order chi connectivity index (χ0) is 31.6. The fraction of sp³-hybridized carbons (Fsp3) is 0. The Morgan fingerprint density at radius 2 is 1.23 bits per heavy atom. The van der Waals surface area contributed by atoms with Crippen molar-refractivity contribution in [2.24, 2.45) is 0 Å². The number of para-hydroxylation sites is 1. The molecule has 10 rings (SSSR count). The molecule has 0 radical (unpaired) electrons. The molecular formula is C43H26N4S. The van der Waals surface area contributed by atoms with Gasteiger partial charge >= 0.3 is 0 Å². The molecule has 9 aromatic rings. The predicted octanol–water partition coefficient (Wildman–Crippen LogP) is 11.8. The first kappa shape index (κ1) is 27.0. The molecule has 0 unspecified atom stereocenters. The number of aromatic nitrogens is 3. The Morgan fingerprint density at radius 1 is 0.521 bits per heavy atom. The van der Waals surface area contributed by atoms with Crippen LogP contribution in [0.3, 0.4) is 0 Å². The van der Waals surface area contributed by atoms with E-state index in [1.807, 2.05) is 24.4 Å². The van der Waals surface area contributed by atoms with Gasteiger partial charge in [-0.05, 0) is 65.5 Å². The first-order chi connectivity index (χ1) is 23.8. The van der Waals surface area contributed by atoms with Crippen LogP contribution >= 0.6 is 11.3 Å². The Hall–Kier alpha value is -6.17. The van der Waals surface area contributed by atoms with Gasteiger partial charge in [0.15, 0.2) is 5.82 Å². The first-order valence-corrected chi connectivity index (χ1v) is 16.8. The van der Waals surface area contributed by atoms with Crippen LogP contribution in [0.1, 0.15) is 0 Å². The maximum absolute atomic E-state index is 5.25. The molecule has 4 heterocycles. The van der Waals surface area contributed by atoms with Crippen LogP contribution in [-0.4, -0.2) is 15.0 Å². The topological polar surface area (TPSA) is 41.9 Å². The van der Waals surface area contributed by atoms with Gasteiger partial charge < -0.3 is 4.90 Å². The van der Waals surface area contributed by atoms with Gasteiger partial charge in [-0.2, -0.15) is 0 Å².